The molecule has 1 heterocycles. The number of ether oxygens (including phenoxy) is 2. The summed E-state index contributed by atoms with van der Waals surface area (Å²) in [6, 6.07) is 3.07. The zero-order valence-electron chi connectivity index (χ0n) is 11.3. The fourth-order valence-corrected chi connectivity index (χ4v) is 2.19. The van der Waals surface area contributed by atoms with Crippen molar-refractivity contribution in [1.82, 2.24) is 10.2 Å². The smallest absolute Gasteiger partial charge is 0.259 e. The summed E-state index contributed by atoms with van der Waals surface area (Å²) < 4.78 is 10.3. The molecule has 0 spiro atoms. The van der Waals surface area contributed by atoms with Crippen molar-refractivity contribution in [1.29, 1.82) is 0 Å². The molecule has 1 aromatic carbocycles. The number of hydrogen-bond acceptors (Lipinski definition) is 7. The number of amides is 1. The Bertz CT molecular complexity index is 642. The molecule has 3 N–H and O–H groups in total. The lowest BCUT2D eigenvalue weighted by Gasteiger charge is -2.11. The van der Waals surface area contributed by atoms with Crippen molar-refractivity contribution >= 4 is 28.1 Å². The van der Waals surface area contributed by atoms with E-state index < -0.39 is 0 Å². The number of hydrogen-bond donors (Lipinski definition) is 2. The van der Waals surface area contributed by atoms with Gasteiger partial charge in [0.15, 0.2) is 11.5 Å². The van der Waals surface area contributed by atoms with Crippen molar-refractivity contribution in [3.05, 3.63) is 22.7 Å². The molecule has 0 bridgehead atoms. The predicted octanol–water partition coefficient (Wildman–Crippen LogP) is 1.70. The fourth-order valence-electron chi connectivity index (χ4n) is 1.60. The van der Waals surface area contributed by atoms with Gasteiger partial charge >= 0.3 is 0 Å². The number of nitrogens with zero attached hydrogens (tertiary/aromatic N) is 2. The van der Waals surface area contributed by atoms with Crippen LogP contribution in [0.1, 0.15) is 15.4 Å². The van der Waals surface area contributed by atoms with E-state index in [0.29, 0.717) is 22.3 Å². The van der Waals surface area contributed by atoms with Crippen LogP contribution in [0.5, 0.6) is 11.5 Å². The minimum absolute atomic E-state index is 0.288. The van der Waals surface area contributed by atoms with Crippen LogP contribution in [0, 0.1) is 6.92 Å². The largest absolute Gasteiger partial charge is 0.493 e. The first-order valence-electron chi connectivity index (χ1n) is 5.68. The highest BCUT2D eigenvalue weighted by atomic mass is 32.1. The molecule has 106 valence electrons. The highest BCUT2D eigenvalue weighted by Crippen LogP contribution is 2.32. The molecule has 2 aromatic rings. The first-order chi connectivity index (χ1) is 9.55. The summed E-state index contributed by atoms with van der Waals surface area (Å²) in [6.07, 6.45) is 0. The van der Waals surface area contributed by atoms with Crippen molar-refractivity contribution in [3.8, 4) is 11.5 Å². The van der Waals surface area contributed by atoms with Crippen LogP contribution in [-0.2, 0) is 0 Å². The maximum absolute atomic E-state index is 12.2. The van der Waals surface area contributed by atoms with E-state index in [1.807, 2.05) is 0 Å². The van der Waals surface area contributed by atoms with Crippen molar-refractivity contribution in [3.63, 3.8) is 0 Å². The molecule has 0 aliphatic rings. The summed E-state index contributed by atoms with van der Waals surface area (Å²) in [5, 5.41) is 11.5. The first-order valence-corrected chi connectivity index (χ1v) is 6.49. The van der Waals surface area contributed by atoms with Gasteiger partial charge in [0, 0.05) is 11.8 Å². The maximum Gasteiger partial charge on any atom is 0.259 e. The Morgan fingerprint density at radius 3 is 2.45 bits per heavy atom. The minimum Gasteiger partial charge on any atom is -0.493 e. The molecule has 0 saturated carbocycles. The van der Waals surface area contributed by atoms with Gasteiger partial charge in [-0.05, 0) is 13.0 Å². The van der Waals surface area contributed by atoms with Crippen molar-refractivity contribution < 1.29 is 14.3 Å². The molecular weight excluding hydrogens is 280 g/mol. The zero-order chi connectivity index (χ0) is 14.7. The van der Waals surface area contributed by atoms with Gasteiger partial charge in [0.1, 0.15) is 5.01 Å². The van der Waals surface area contributed by atoms with Gasteiger partial charge in [0.25, 0.3) is 5.91 Å². The summed E-state index contributed by atoms with van der Waals surface area (Å²) >= 11 is 1.28. The molecule has 0 aliphatic carbocycles. The number of nitrogens with one attached hydrogen (secondary N) is 1. The van der Waals surface area contributed by atoms with E-state index in [1.165, 1.54) is 31.6 Å². The molecular formula is C12H14N4O3S. The summed E-state index contributed by atoms with van der Waals surface area (Å²) in [6.45, 7) is 1.80. The van der Waals surface area contributed by atoms with Crippen LogP contribution in [-0.4, -0.2) is 30.3 Å². The molecule has 0 saturated heterocycles. The number of aryl methyl sites for hydroxylation is 1. The lowest BCUT2D eigenvalue weighted by Crippen LogP contribution is -2.14. The van der Waals surface area contributed by atoms with Gasteiger partial charge in [-0.1, -0.05) is 11.3 Å². The minimum atomic E-state index is -0.375. The number of nitrogen functional groups attached to an aromatic ring is 1. The quantitative estimate of drug-likeness (QED) is 0.833. The Hall–Kier alpha value is -2.35. The van der Waals surface area contributed by atoms with Gasteiger partial charge in [0.05, 0.1) is 19.8 Å². The molecule has 20 heavy (non-hydrogen) atoms. The van der Waals surface area contributed by atoms with Gasteiger partial charge in [-0.25, -0.2) is 0 Å². The molecule has 2 rings (SSSR count). The average molecular weight is 294 g/mol. The molecule has 1 amide bonds. The van der Waals surface area contributed by atoms with Crippen LogP contribution in [0.3, 0.4) is 0 Å². The Balaban J connectivity index is 2.29. The summed E-state index contributed by atoms with van der Waals surface area (Å²) in [7, 11) is 2.99. The number of anilines is 2. The molecule has 0 aliphatic heterocycles. The molecule has 0 atom stereocenters. The van der Waals surface area contributed by atoms with Gasteiger partial charge < -0.3 is 15.2 Å². The SMILES string of the molecule is COc1cc(N)c(C(=O)Nc2nnc(C)s2)cc1OC. The number of methoxy groups -OCH3 is 2. The van der Waals surface area contributed by atoms with E-state index in [9.17, 15) is 4.79 Å². The van der Waals surface area contributed by atoms with E-state index in [2.05, 4.69) is 15.5 Å². The number of aromatic nitrogens is 2. The van der Waals surface area contributed by atoms with Crippen LogP contribution in [0.25, 0.3) is 0 Å². The normalized spacial score (nSPS) is 10.2. The fraction of sp³-hybridized carbons (Fsp3) is 0.250. The van der Waals surface area contributed by atoms with Crippen molar-refractivity contribution in [2.75, 3.05) is 25.3 Å². The van der Waals surface area contributed by atoms with E-state index in [-0.39, 0.29) is 11.5 Å². The third kappa shape index (κ3) is 2.80. The van der Waals surface area contributed by atoms with Gasteiger partial charge in [-0.3, -0.25) is 10.1 Å². The second-order valence-electron chi connectivity index (χ2n) is 3.87. The number of carbonyl (C=O) groups is 1. The summed E-state index contributed by atoms with van der Waals surface area (Å²) in [5.74, 6) is 0.521. The van der Waals surface area contributed by atoms with Gasteiger partial charge in [-0.2, -0.15) is 0 Å². The average Bonchev–Trinajstić information content (AvgIpc) is 2.83. The third-order valence-corrected chi connectivity index (χ3v) is 3.30. The van der Waals surface area contributed by atoms with Crippen molar-refractivity contribution in [2.24, 2.45) is 0 Å². The number of carbonyl (C=O) groups excluding carboxylic acids is 1. The highest BCUT2D eigenvalue weighted by molar-refractivity contribution is 7.15. The van der Waals surface area contributed by atoms with Gasteiger partial charge in [0.2, 0.25) is 5.13 Å². The first kappa shape index (κ1) is 14.1. The lowest BCUT2D eigenvalue weighted by atomic mass is 10.1. The Labute approximate surface area is 119 Å². The van der Waals surface area contributed by atoms with Crippen molar-refractivity contribution in [2.45, 2.75) is 6.92 Å². The number of nitrogens with two attached hydrogens (primary N) is 1. The Kier molecular flexibility index (Phi) is 4.04. The van der Waals surface area contributed by atoms with E-state index in [0.717, 1.165) is 5.01 Å². The lowest BCUT2D eigenvalue weighted by molar-refractivity contribution is 0.102. The third-order valence-electron chi connectivity index (χ3n) is 2.55. The molecule has 1 aromatic heterocycles. The molecule has 7 nitrogen and oxygen atoms in total. The van der Waals surface area contributed by atoms with Crippen LogP contribution in [0.4, 0.5) is 10.8 Å². The van der Waals surface area contributed by atoms with E-state index in [4.69, 9.17) is 15.2 Å². The van der Waals surface area contributed by atoms with Crippen LogP contribution < -0.4 is 20.5 Å². The summed E-state index contributed by atoms with van der Waals surface area (Å²) in [4.78, 5) is 12.2. The van der Waals surface area contributed by atoms with Crippen LogP contribution in [0.2, 0.25) is 0 Å². The van der Waals surface area contributed by atoms with E-state index in [1.54, 1.807) is 13.0 Å². The second kappa shape index (κ2) is 5.74. The topological polar surface area (TPSA) is 99.4 Å². The standard InChI is InChI=1S/C12H14N4O3S/c1-6-15-16-12(20-6)14-11(17)7-4-9(18-2)10(19-3)5-8(7)13/h4-5H,13H2,1-3H3,(H,14,16,17). The molecule has 0 unspecified atom stereocenters. The van der Waals surface area contributed by atoms with Crippen LogP contribution in [0.15, 0.2) is 12.1 Å². The van der Waals surface area contributed by atoms with Crippen LogP contribution >= 0.6 is 11.3 Å². The van der Waals surface area contributed by atoms with Gasteiger partial charge in [-0.15, -0.1) is 10.2 Å². The Morgan fingerprint density at radius 1 is 1.25 bits per heavy atom. The molecule has 0 radical (unpaired) electrons. The second-order valence-corrected chi connectivity index (χ2v) is 5.06. The zero-order valence-corrected chi connectivity index (χ0v) is 12.1. The molecule has 8 heteroatoms. The Morgan fingerprint density at radius 2 is 1.90 bits per heavy atom. The maximum atomic E-state index is 12.2. The summed E-state index contributed by atoms with van der Waals surface area (Å²) in [5.41, 5.74) is 6.43. The number of benzene rings is 1. The number of rotatable bonds is 4. The monoisotopic (exact) mass is 294 g/mol. The van der Waals surface area contributed by atoms with E-state index >= 15 is 0 Å². The predicted molar refractivity (Wildman–Crippen MR) is 76.6 cm³/mol. The highest BCUT2D eigenvalue weighted by Gasteiger charge is 2.16. The molecule has 0 fully saturated rings.